The van der Waals surface area contributed by atoms with E-state index in [1.807, 2.05) is 0 Å². The van der Waals surface area contributed by atoms with Gasteiger partial charge < -0.3 is 14.6 Å². The first-order valence-electron chi connectivity index (χ1n) is 5.89. The van der Waals surface area contributed by atoms with Gasteiger partial charge in [0.1, 0.15) is 5.75 Å². The lowest BCUT2D eigenvalue weighted by Crippen LogP contribution is -1.95. The van der Waals surface area contributed by atoms with Crippen LogP contribution in [0.25, 0.3) is 0 Å². The highest BCUT2D eigenvalue weighted by atomic mass is 35.5. The molecule has 0 aliphatic carbocycles. The monoisotopic (exact) mass is 292 g/mol. The average Bonchev–Trinajstić information content (AvgIpc) is 2.48. The van der Waals surface area contributed by atoms with Gasteiger partial charge in [-0.1, -0.05) is 23.7 Å². The second-order valence-electron chi connectivity index (χ2n) is 4.01. The predicted octanol–water partition coefficient (Wildman–Crippen LogP) is 3.45. The van der Waals surface area contributed by atoms with Crippen LogP contribution in [0.2, 0.25) is 5.02 Å². The standard InChI is InChI=1S/C15H13ClO4/c1-19-15-7-10(8-17)5-6-14(15)20-13-4-2-3-12(16)11(13)9-18/h2-7,9,17H,8H2,1H3. The van der Waals surface area contributed by atoms with Crippen LogP contribution in [0, 0.1) is 0 Å². The minimum Gasteiger partial charge on any atom is -0.493 e. The molecule has 0 aliphatic heterocycles. The first-order valence-corrected chi connectivity index (χ1v) is 6.26. The number of aldehydes is 1. The molecule has 0 amide bonds. The number of ether oxygens (including phenoxy) is 2. The number of aliphatic hydroxyl groups is 1. The first-order chi connectivity index (χ1) is 9.69. The summed E-state index contributed by atoms with van der Waals surface area (Å²) in [4.78, 5) is 11.1. The van der Waals surface area contributed by atoms with E-state index < -0.39 is 0 Å². The Labute approximate surface area is 121 Å². The third kappa shape index (κ3) is 2.92. The van der Waals surface area contributed by atoms with Crippen LogP contribution in [0.15, 0.2) is 36.4 Å². The molecule has 0 saturated carbocycles. The van der Waals surface area contributed by atoms with Gasteiger partial charge in [0, 0.05) is 0 Å². The van der Waals surface area contributed by atoms with Crippen LogP contribution in [0.3, 0.4) is 0 Å². The summed E-state index contributed by atoms with van der Waals surface area (Å²) in [5, 5.41) is 9.42. The highest BCUT2D eigenvalue weighted by Crippen LogP contribution is 2.35. The molecule has 0 unspecified atom stereocenters. The molecule has 0 bridgehead atoms. The Morgan fingerprint density at radius 2 is 2.00 bits per heavy atom. The van der Waals surface area contributed by atoms with Crippen molar-refractivity contribution < 1.29 is 19.4 Å². The van der Waals surface area contributed by atoms with Crippen molar-refractivity contribution in [1.82, 2.24) is 0 Å². The third-order valence-corrected chi connectivity index (χ3v) is 3.09. The maximum atomic E-state index is 11.1. The Morgan fingerprint density at radius 3 is 2.65 bits per heavy atom. The summed E-state index contributed by atoms with van der Waals surface area (Å²) in [6.45, 7) is -0.0899. The zero-order chi connectivity index (χ0) is 14.5. The smallest absolute Gasteiger partial charge is 0.169 e. The fourth-order valence-corrected chi connectivity index (χ4v) is 1.94. The van der Waals surface area contributed by atoms with Gasteiger partial charge in [0.15, 0.2) is 17.8 Å². The van der Waals surface area contributed by atoms with E-state index in [4.69, 9.17) is 26.2 Å². The number of carbonyl (C=O) groups excluding carboxylic acids is 1. The molecule has 0 saturated heterocycles. The molecule has 2 aromatic carbocycles. The minimum absolute atomic E-state index is 0.0899. The van der Waals surface area contributed by atoms with Gasteiger partial charge in [-0.05, 0) is 29.8 Å². The van der Waals surface area contributed by atoms with Gasteiger partial charge in [-0.2, -0.15) is 0 Å². The van der Waals surface area contributed by atoms with E-state index in [1.165, 1.54) is 7.11 Å². The van der Waals surface area contributed by atoms with Crippen molar-refractivity contribution in [2.75, 3.05) is 7.11 Å². The predicted molar refractivity (Wildman–Crippen MR) is 75.8 cm³/mol. The molecule has 0 radical (unpaired) electrons. The summed E-state index contributed by atoms with van der Waals surface area (Å²) in [5.41, 5.74) is 0.985. The van der Waals surface area contributed by atoms with Crippen molar-refractivity contribution in [3.63, 3.8) is 0 Å². The lowest BCUT2D eigenvalue weighted by Gasteiger charge is -2.13. The Bertz CT molecular complexity index is 625. The van der Waals surface area contributed by atoms with E-state index in [-0.39, 0.29) is 12.2 Å². The third-order valence-electron chi connectivity index (χ3n) is 2.76. The Morgan fingerprint density at radius 1 is 1.20 bits per heavy atom. The lowest BCUT2D eigenvalue weighted by molar-refractivity contribution is 0.112. The average molecular weight is 293 g/mol. The molecule has 104 valence electrons. The van der Waals surface area contributed by atoms with Gasteiger partial charge in [-0.25, -0.2) is 0 Å². The number of rotatable bonds is 5. The molecule has 2 rings (SSSR count). The van der Waals surface area contributed by atoms with Crippen LogP contribution in [0.5, 0.6) is 17.2 Å². The number of hydrogen-bond donors (Lipinski definition) is 1. The van der Waals surface area contributed by atoms with Crippen molar-refractivity contribution >= 4 is 17.9 Å². The van der Waals surface area contributed by atoms with Crippen LogP contribution in [-0.4, -0.2) is 18.5 Å². The van der Waals surface area contributed by atoms with Crippen molar-refractivity contribution in [3.05, 3.63) is 52.5 Å². The summed E-state index contributed by atoms with van der Waals surface area (Å²) in [6, 6.07) is 10.0. The maximum absolute atomic E-state index is 11.1. The lowest BCUT2D eigenvalue weighted by atomic mass is 10.2. The van der Waals surface area contributed by atoms with E-state index in [0.717, 1.165) is 0 Å². The normalized spacial score (nSPS) is 10.2. The Kier molecular flexibility index (Phi) is 4.61. The molecule has 1 N–H and O–H groups in total. The number of aliphatic hydroxyl groups excluding tert-OH is 1. The van der Waals surface area contributed by atoms with Gasteiger partial charge >= 0.3 is 0 Å². The molecular formula is C15H13ClO4. The van der Waals surface area contributed by atoms with E-state index in [0.29, 0.717) is 34.1 Å². The summed E-state index contributed by atoms with van der Waals surface area (Å²) >= 11 is 5.94. The van der Waals surface area contributed by atoms with E-state index in [9.17, 15) is 4.79 Å². The fraction of sp³-hybridized carbons (Fsp3) is 0.133. The van der Waals surface area contributed by atoms with Gasteiger partial charge in [-0.15, -0.1) is 0 Å². The van der Waals surface area contributed by atoms with Crippen LogP contribution in [-0.2, 0) is 6.61 Å². The van der Waals surface area contributed by atoms with Gasteiger partial charge in [0.05, 0.1) is 24.3 Å². The molecule has 0 aromatic heterocycles. The van der Waals surface area contributed by atoms with Crippen molar-refractivity contribution in [2.24, 2.45) is 0 Å². The first kappa shape index (κ1) is 14.4. The fourth-order valence-electron chi connectivity index (χ4n) is 1.73. The Hall–Kier alpha value is -2.04. The van der Waals surface area contributed by atoms with E-state index in [2.05, 4.69) is 0 Å². The number of benzene rings is 2. The number of carbonyl (C=O) groups is 1. The zero-order valence-corrected chi connectivity index (χ0v) is 11.6. The van der Waals surface area contributed by atoms with Crippen molar-refractivity contribution in [3.8, 4) is 17.2 Å². The van der Waals surface area contributed by atoms with Crippen LogP contribution < -0.4 is 9.47 Å². The second kappa shape index (κ2) is 6.41. The van der Waals surface area contributed by atoms with Crippen molar-refractivity contribution in [2.45, 2.75) is 6.61 Å². The summed E-state index contributed by atoms with van der Waals surface area (Å²) in [6.07, 6.45) is 0.645. The molecule has 0 atom stereocenters. The summed E-state index contributed by atoms with van der Waals surface area (Å²) in [7, 11) is 1.50. The summed E-state index contributed by atoms with van der Waals surface area (Å²) in [5.74, 6) is 1.26. The molecule has 0 fully saturated rings. The number of hydrogen-bond acceptors (Lipinski definition) is 4. The minimum atomic E-state index is -0.0899. The Balaban J connectivity index is 2.39. The van der Waals surface area contributed by atoms with Crippen molar-refractivity contribution in [1.29, 1.82) is 0 Å². The van der Waals surface area contributed by atoms with Gasteiger partial charge in [0.25, 0.3) is 0 Å². The molecule has 0 spiro atoms. The van der Waals surface area contributed by atoms with E-state index in [1.54, 1.807) is 36.4 Å². The molecule has 4 nitrogen and oxygen atoms in total. The van der Waals surface area contributed by atoms with Crippen LogP contribution in [0.1, 0.15) is 15.9 Å². The number of halogens is 1. The number of methoxy groups -OCH3 is 1. The van der Waals surface area contributed by atoms with Crippen LogP contribution >= 0.6 is 11.6 Å². The molecule has 0 heterocycles. The highest BCUT2D eigenvalue weighted by Gasteiger charge is 2.11. The van der Waals surface area contributed by atoms with E-state index >= 15 is 0 Å². The van der Waals surface area contributed by atoms with Gasteiger partial charge in [-0.3, -0.25) is 4.79 Å². The second-order valence-corrected chi connectivity index (χ2v) is 4.42. The maximum Gasteiger partial charge on any atom is 0.169 e. The van der Waals surface area contributed by atoms with Gasteiger partial charge in [0.2, 0.25) is 0 Å². The summed E-state index contributed by atoms with van der Waals surface area (Å²) < 4.78 is 10.9. The highest BCUT2D eigenvalue weighted by molar-refractivity contribution is 6.33. The largest absolute Gasteiger partial charge is 0.493 e. The van der Waals surface area contributed by atoms with Crippen LogP contribution in [0.4, 0.5) is 0 Å². The molecule has 5 heteroatoms. The topological polar surface area (TPSA) is 55.8 Å². The quantitative estimate of drug-likeness (QED) is 0.858. The zero-order valence-electron chi connectivity index (χ0n) is 10.8. The molecular weight excluding hydrogens is 280 g/mol. The molecule has 0 aliphatic rings. The SMILES string of the molecule is COc1cc(CO)ccc1Oc1cccc(Cl)c1C=O. The molecule has 2 aromatic rings. The molecule has 20 heavy (non-hydrogen) atoms.